The number of aromatic nitrogens is 2. The Kier molecular flexibility index (Phi) is 7.73. The second-order valence-corrected chi connectivity index (χ2v) is 9.91. The van der Waals surface area contributed by atoms with Crippen LogP contribution in [-0.2, 0) is 22.7 Å². The minimum atomic E-state index is -0.788. The van der Waals surface area contributed by atoms with Crippen molar-refractivity contribution in [1.82, 2.24) is 19.8 Å². The number of amides is 2. The van der Waals surface area contributed by atoms with Gasteiger partial charge in [-0.3, -0.25) is 9.59 Å². The molecule has 1 saturated carbocycles. The number of benzene rings is 3. The highest BCUT2D eigenvalue weighted by Crippen LogP contribution is 2.28. The number of methoxy groups -OCH3 is 1. The van der Waals surface area contributed by atoms with Gasteiger partial charge in [0.05, 0.1) is 18.1 Å². The average molecular weight is 511 g/mol. The number of nitrogens with zero attached hydrogens (tertiary/aromatic N) is 3. The monoisotopic (exact) mass is 510 g/mol. The number of rotatable bonds is 9. The summed E-state index contributed by atoms with van der Waals surface area (Å²) >= 11 is 0. The van der Waals surface area contributed by atoms with E-state index >= 15 is 0 Å². The first-order valence-corrected chi connectivity index (χ1v) is 13.2. The van der Waals surface area contributed by atoms with E-state index in [2.05, 4.69) is 10.3 Å². The van der Waals surface area contributed by atoms with Crippen LogP contribution in [0.25, 0.3) is 11.0 Å². The molecule has 5 rings (SSSR count). The van der Waals surface area contributed by atoms with E-state index in [4.69, 9.17) is 4.74 Å². The zero-order valence-electron chi connectivity index (χ0n) is 22.0. The third kappa shape index (κ3) is 5.57. The van der Waals surface area contributed by atoms with Gasteiger partial charge in [0.25, 0.3) is 0 Å². The lowest BCUT2D eigenvalue weighted by Crippen LogP contribution is -2.46. The minimum absolute atomic E-state index is 0.0859. The molecule has 1 N–H and O–H groups in total. The summed E-state index contributed by atoms with van der Waals surface area (Å²) in [5.74, 6) is 1.15. The van der Waals surface area contributed by atoms with E-state index in [0.717, 1.165) is 53.7 Å². The molecule has 1 aromatic heterocycles. The lowest BCUT2D eigenvalue weighted by molar-refractivity contribution is -0.142. The number of carbonyl (C=O) groups excluding carboxylic acids is 2. The first-order chi connectivity index (χ1) is 18.5. The van der Waals surface area contributed by atoms with Gasteiger partial charge in [0.1, 0.15) is 24.2 Å². The maximum atomic E-state index is 14.2. The summed E-state index contributed by atoms with van der Waals surface area (Å²) in [5.41, 5.74) is 3.45. The predicted octanol–water partition coefficient (Wildman–Crippen LogP) is 5.18. The van der Waals surface area contributed by atoms with Gasteiger partial charge >= 0.3 is 0 Å². The molecule has 3 aromatic carbocycles. The zero-order valence-corrected chi connectivity index (χ0v) is 22.0. The molecule has 2 amide bonds. The summed E-state index contributed by atoms with van der Waals surface area (Å²) in [4.78, 5) is 34.4. The molecule has 38 heavy (non-hydrogen) atoms. The lowest BCUT2D eigenvalue weighted by atomic mass is 10.0. The Morgan fingerprint density at radius 2 is 1.68 bits per heavy atom. The van der Waals surface area contributed by atoms with Crippen LogP contribution in [0, 0.1) is 6.92 Å². The van der Waals surface area contributed by atoms with Crippen LogP contribution in [0.15, 0.2) is 78.9 Å². The second-order valence-electron chi connectivity index (χ2n) is 9.91. The fourth-order valence-electron chi connectivity index (χ4n) is 5.33. The van der Waals surface area contributed by atoms with Crippen LogP contribution < -0.4 is 10.1 Å². The van der Waals surface area contributed by atoms with Gasteiger partial charge in [-0.2, -0.15) is 0 Å². The fourth-order valence-corrected chi connectivity index (χ4v) is 5.33. The fraction of sp³-hybridized carbons (Fsp3) is 0.323. The van der Waals surface area contributed by atoms with Crippen LogP contribution in [0.2, 0.25) is 0 Å². The van der Waals surface area contributed by atoms with Crippen molar-refractivity contribution < 1.29 is 14.3 Å². The molecule has 4 aromatic rings. The van der Waals surface area contributed by atoms with Gasteiger partial charge in [-0.1, -0.05) is 67.4 Å². The molecule has 1 fully saturated rings. The lowest BCUT2D eigenvalue weighted by Gasteiger charge is -2.33. The van der Waals surface area contributed by atoms with E-state index in [1.165, 1.54) is 0 Å². The van der Waals surface area contributed by atoms with Crippen molar-refractivity contribution in [2.24, 2.45) is 0 Å². The highest BCUT2D eigenvalue weighted by molar-refractivity contribution is 5.89. The van der Waals surface area contributed by atoms with E-state index in [9.17, 15) is 9.59 Å². The van der Waals surface area contributed by atoms with Crippen molar-refractivity contribution in [3.05, 3.63) is 95.8 Å². The maximum Gasteiger partial charge on any atom is 0.247 e. The summed E-state index contributed by atoms with van der Waals surface area (Å²) in [6.07, 6.45) is 4.15. The molecule has 0 aliphatic heterocycles. The minimum Gasteiger partial charge on any atom is -0.497 e. The quantitative estimate of drug-likeness (QED) is 0.337. The largest absolute Gasteiger partial charge is 0.497 e. The van der Waals surface area contributed by atoms with Crippen LogP contribution in [0.3, 0.4) is 0 Å². The molecular formula is C31H34N4O3. The standard InChI is InChI=1S/C31H34N4O3/c1-22-32-27-14-8-9-15-28(27)34(22)21-29(36)35(20-23-10-4-3-5-11-23)30(24-16-18-26(38-2)19-17-24)31(37)33-25-12-6-7-13-25/h3-5,8-11,14-19,25,30H,6-7,12-13,20-21H2,1-2H3,(H,33,37)/t30-/m1/s1. The molecule has 1 heterocycles. The Morgan fingerprint density at radius 1 is 1.00 bits per heavy atom. The van der Waals surface area contributed by atoms with Gasteiger partial charge in [-0.05, 0) is 55.2 Å². The Labute approximate surface area is 223 Å². The summed E-state index contributed by atoms with van der Waals surface area (Å²) in [6.45, 7) is 2.30. The number of imidazole rings is 1. The molecule has 0 radical (unpaired) electrons. The third-order valence-electron chi connectivity index (χ3n) is 7.35. The van der Waals surface area contributed by atoms with Gasteiger partial charge in [-0.25, -0.2) is 4.98 Å². The van der Waals surface area contributed by atoms with E-state index < -0.39 is 6.04 Å². The van der Waals surface area contributed by atoms with E-state index in [0.29, 0.717) is 12.3 Å². The van der Waals surface area contributed by atoms with Crippen LogP contribution in [0.1, 0.15) is 48.7 Å². The van der Waals surface area contributed by atoms with E-state index in [1.54, 1.807) is 12.0 Å². The van der Waals surface area contributed by atoms with Crippen molar-refractivity contribution in [2.75, 3.05) is 7.11 Å². The van der Waals surface area contributed by atoms with Gasteiger partial charge in [0.15, 0.2) is 0 Å². The molecule has 1 aliphatic carbocycles. The maximum absolute atomic E-state index is 14.2. The molecule has 0 saturated heterocycles. The van der Waals surface area contributed by atoms with Crippen molar-refractivity contribution in [2.45, 2.75) is 57.8 Å². The Balaban J connectivity index is 1.54. The van der Waals surface area contributed by atoms with Crippen molar-refractivity contribution in [3.63, 3.8) is 0 Å². The molecule has 7 heteroatoms. The summed E-state index contributed by atoms with van der Waals surface area (Å²) in [6, 6.07) is 24.4. The number of carbonyl (C=O) groups is 2. The van der Waals surface area contributed by atoms with Crippen LogP contribution in [-0.4, -0.2) is 39.4 Å². The smallest absolute Gasteiger partial charge is 0.247 e. The topological polar surface area (TPSA) is 76.5 Å². The van der Waals surface area contributed by atoms with Crippen molar-refractivity contribution in [3.8, 4) is 5.75 Å². The highest BCUT2D eigenvalue weighted by atomic mass is 16.5. The molecule has 0 spiro atoms. The van der Waals surface area contributed by atoms with Gasteiger partial charge in [-0.15, -0.1) is 0 Å². The molecule has 196 valence electrons. The second kappa shape index (κ2) is 11.5. The predicted molar refractivity (Wildman–Crippen MR) is 148 cm³/mol. The van der Waals surface area contributed by atoms with Gasteiger partial charge in [0.2, 0.25) is 11.8 Å². The first-order valence-electron chi connectivity index (χ1n) is 13.2. The molecule has 0 bridgehead atoms. The van der Waals surface area contributed by atoms with Crippen LogP contribution in [0.4, 0.5) is 0 Å². The van der Waals surface area contributed by atoms with E-state index in [1.807, 2.05) is 90.4 Å². The number of hydrogen-bond donors (Lipinski definition) is 1. The number of ether oxygens (including phenoxy) is 1. The highest BCUT2D eigenvalue weighted by Gasteiger charge is 2.33. The summed E-state index contributed by atoms with van der Waals surface area (Å²) < 4.78 is 7.28. The molecule has 0 unspecified atom stereocenters. The molecule has 1 aliphatic rings. The number of nitrogens with one attached hydrogen (secondary N) is 1. The number of fused-ring (bicyclic) bond motifs is 1. The Morgan fingerprint density at radius 3 is 2.39 bits per heavy atom. The average Bonchev–Trinajstić information content (AvgIpc) is 3.56. The molecular weight excluding hydrogens is 476 g/mol. The zero-order chi connectivity index (χ0) is 26.5. The van der Waals surface area contributed by atoms with Crippen LogP contribution >= 0.6 is 0 Å². The number of aryl methyl sites for hydroxylation is 1. The summed E-state index contributed by atoms with van der Waals surface area (Å²) in [7, 11) is 1.61. The summed E-state index contributed by atoms with van der Waals surface area (Å²) in [5, 5.41) is 3.24. The third-order valence-corrected chi connectivity index (χ3v) is 7.35. The van der Waals surface area contributed by atoms with Crippen molar-refractivity contribution >= 4 is 22.8 Å². The van der Waals surface area contributed by atoms with Gasteiger partial charge in [0, 0.05) is 12.6 Å². The molecule has 1 atom stereocenters. The van der Waals surface area contributed by atoms with E-state index in [-0.39, 0.29) is 24.4 Å². The van der Waals surface area contributed by atoms with Crippen molar-refractivity contribution in [1.29, 1.82) is 0 Å². The first kappa shape index (κ1) is 25.5. The van der Waals surface area contributed by atoms with Gasteiger partial charge < -0.3 is 19.5 Å². The SMILES string of the molecule is COc1ccc([C@H](C(=O)NC2CCCC2)N(Cc2ccccc2)C(=O)Cn2c(C)nc3ccccc32)cc1. The number of hydrogen-bond acceptors (Lipinski definition) is 4. The Bertz CT molecular complexity index is 1390. The normalized spacial score (nSPS) is 14.4. The Hall–Kier alpha value is -4.13. The van der Waals surface area contributed by atoms with Crippen LogP contribution in [0.5, 0.6) is 5.75 Å². The number of para-hydroxylation sites is 2. The molecule has 7 nitrogen and oxygen atoms in total.